The molecule has 1 aromatic heterocycles. The van der Waals surface area contributed by atoms with Gasteiger partial charge in [0.25, 0.3) is 0 Å². The molecule has 4 nitrogen and oxygen atoms in total. The van der Waals surface area contributed by atoms with Gasteiger partial charge in [-0.3, -0.25) is 0 Å². The zero-order valence-electron chi connectivity index (χ0n) is 5.53. The fourth-order valence-corrected chi connectivity index (χ4v) is 0.559. The van der Waals surface area contributed by atoms with E-state index in [1.54, 1.807) is 18.0 Å². The highest BCUT2D eigenvalue weighted by Gasteiger charge is 1.93. The van der Waals surface area contributed by atoms with Crippen LogP contribution in [0.25, 0.3) is 0 Å². The second-order valence-corrected chi connectivity index (χ2v) is 1.79. The van der Waals surface area contributed by atoms with Crippen molar-refractivity contribution in [1.82, 2.24) is 15.0 Å². The third-order valence-corrected chi connectivity index (χ3v) is 1.06. The topological polar surface area (TPSA) is 39.9 Å². The first kappa shape index (κ1) is 6.22. The molecule has 0 saturated heterocycles. The molecular weight excluding hydrogens is 118 g/mol. The first-order valence-corrected chi connectivity index (χ1v) is 2.68. The Morgan fingerprint density at radius 1 is 1.78 bits per heavy atom. The average molecular weight is 127 g/mol. The number of rotatable bonds is 2. The number of ether oxygens (including phenoxy) is 1. The molecule has 0 aromatic carbocycles. The van der Waals surface area contributed by atoms with E-state index >= 15 is 0 Å². The van der Waals surface area contributed by atoms with Crippen LogP contribution in [0.5, 0.6) is 0 Å². The molecule has 0 radical (unpaired) electrons. The van der Waals surface area contributed by atoms with Crippen LogP contribution in [0.15, 0.2) is 6.20 Å². The van der Waals surface area contributed by atoms with E-state index in [0.29, 0.717) is 6.73 Å². The van der Waals surface area contributed by atoms with Crippen molar-refractivity contribution in [3.63, 3.8) is 0 Å². The van der Waals surface area contributed by atoms with Gasteiger partial charge in [-0.25, -0.2) is 4.68 Å². The Labute approximate surface area is 53.4 Å². The molecule has 0 atom stereocenters. The minimum atomic E-state index is 0.478. The van der Waals surface area contributed by atoms with Crippen LogP contribution < -0.4 is 0 Å². The van der Waals surface area contributed by atoms with E-state index in [1.807, 2.05) is 6.92 Å². The number of aromatic nitrogens is 3. The van der Waals surface area contributed by atoms with E-state index in [1.165, 1.54) is 0 Å². The Bertz CT molecular complexity index is 184. The summed E-state index contributed by atoms with van der Waals surface area (Å²) in [5.74, 6) is 0. The largest absolute Gasteiger partial charge is 0.362 e. The molecule has 0 amide bonds. The predicted molar refractivity (Wildman–Crippen MR) is 31.8 cm³/mol. The molecule has 0 spiro atoms. The standard InChI is InChI=1S/C5H9N3O/c1-5-3-6-7-8(5)4-9-2/h3H,4H2,1-2H3. The van der Waals surface area contributed by atoms with Gasteiger partial charge < -0.3 is 4.74 Å². The predicted octanol–water partition coefficient (Wildman–Crippen LogP) is 0.190. The van der Waals surface area contributed by atoms with Gasteiger partial charge in [-0.05, 0) is 6.92 Å². The molecule has 0 aliphatic carbocycles. The Morgan fingerprint density at radius 3 is 3.00 bits per heavy atom. The molecule has 0 bridgehead atoms. The van der Waals surface area contributed by atoms with E-state index in [9.17, 15) is 0 Å². The third kappa shape index (κ3) is 1.26. The molecular formula is C5H9N3O. The normalized spacial score (nSPS) is 10.0. The quantitative estimate of drug-likeness (QED) is 0.569. The molecule has 0 N–H and O–H groups in total. The minimum Gasteiger partial charge on any atom is -0.362 e. The first-order valence-electron chi connectivity index (χ1n) is 2.68. The number of aryl methyl sites for hydroxylation is 1. The van der Waals surface area contributed by atoms with E-state index in [4.69, 9.17) is 4.74 Å². The summed E-state index contributed by atoms with van der Waals surface area (Å²) in [5, 5.41) is 7.42. The lowest BCUT2D eigenvalue weighted by atomic mass is 10.5. The van der Waals surface area contributed by atoms with Gasteiger partial charge in [0.15, 0.2) is 0 Å². The second-order valence-electron chi connectivity index (χ2n) is 1.79. The fraction of sp³-hybridized carbons (Fsp3) is 0.600. The van der Waals surface area contributed by atoms with Gasteiger partial charge in [-0.2, -0.15) is 0 Å². The van der Waals surface area contributed by atoms with E-state index in [-0.39, 0.29) is 0 Å². The highest BCUT2D eigenvalue weighted by Crippen LogP contribution is 1.90. The van der Waals surface area contributed by atoms with Crippen molar-refractivity contribution in [2.45, 2.75) is 13.7 Å². The summed E-state index contributed by atoms with van der Waals surface area (Å²) in [7, 11) is 1.63. The van der Waals surface area contributed by atoms with Crippen molar-refractivity contribution in [2.24, 2.45) is 0 Å². The van der Waals surface area contributed by atoms with Crippen LogP contribution >= 0.6 is 0 Å². The van der Waals surface area contributed by atoms with Crippen LogP contribution in [-0.4, -0.2) is 22.1 Å². The number of hydrogen-bond donors (Lipinski definition) is 0. The highest BCUT2D eigenvalue weighted by molar-refractivity contribution is 4.87. The van der Waals surface area contributed by atoms with Gasteiger partial charge in [-0.15, -0.1) is 5.10 Å². The summed E-state index contributed by atoms with van der Waals surface area (Å²) in [6.07, 6.45) is 1.69. The summed E-state index contributed by atoms with van der Waals surface area (Å²) in [6, 6.07) is 0. The smallest absolute Gasteiger partial charge is 0.140 e. The minimum absolute atomic E-state index is 0.478. The Kier molecular flexibility index (Phi) is 1.79. The van der Waals surface area contributed by atoms with Gasteiger partial charge in [0.1, 0.15) is 6.73 Å². The van der Waals surface area contributed by atoms with Gasteiger partial charge in [-0.1, -0.05) is 5.21 Å². The summed E-state index contributed by atoms with van der Waals surface area (Å²) in [4.78, 5) is 0. The molecule has 0 aliphatic rings. The Morgan fingerprint density at radius 2 is 2.56 bits per heavy atom. The maximum absolute atomic E-state index is 4.83. The number of nitrogens with zero attached hydrogens (tertiary/aromatic N) is 3. The molecule has 1 rings (SSSR count). The molecule has 0 unspecified atom stereocenters. The van der Waals surface area contributed by atoms with Crippen LogP contribution in [0.2, 0.25) is 0 Å². The Balaban J connectivity index is 2.69. The van der Waals surface area contributed by atoms with E-state index in [2.05, 4.69) is 10.3 Å². The maximum Gasteiger partial charge on any atom is 0.140 e. The molecule has 0 saturated carbocycles. The van der Waals surface area contributed by atoms with Crippen molar-refractivity contribution >= 4 is 0 Å². The van der Waals surface area contributed by atoms with Crippen LogP contribution in [0, 0.1) is 6.92 Å². The summed E-state index contributed by atoms with van der Waals surface area (Å²) in [5.41, 5.74) is 1.01. The van der Waals surface area contributed by atoms with Crippen molar-refractivity contribution in [3.05, 3.63) is 11.9 Å². The summed E-state index contributed by atoms with van der Waals surface area (Å²) < 4.78 is 6.51. The van der Waals surface area contributed by atoms with Crippen LogP contribution in [-0.2, 0) is 11.5 Å². The molecule has 9 heavy (non-hydrogen) atoms. The van der Waals surface area contributed by atoms with Crippen molar-refractivity contribution in [3.8, 4) is 0 Å². The molecule has 1 aromatic rings. The second kappa shape index (κ2) is 2.59. The Hall–Kier alpha value is -0.900. The molecule has 4 heteroatoms. The lowest BCUT2D eigenvalue weighted by molar-refractivity contribution is 0.117. The van der Waals surface area contributed by atoms with Crippen molar-refractivity contribution in [2.75, 3.05) is 7.11 Å². The molecule has 0 fully saturated rings. The summed E-state index contributed by atoms with van der Waals surface area (Å²) >= 11 is 0. The first-order chi connectivity index (χ1) is 4.34. The van der Waals surface area contributed by atoms with Crippen LogP contribution in [0.4, 0.5) is 0 Å². The summed E-state index contributed by atoms with van der Waals surface area (Å²) in [6.45, 7) is 2.41. The molecule has 1 heterocycles. The lowest BCUT2D eigenvalue weighted by Crippen LogP contribution is -2.03. The zero-order valence-corrected chi connectivity index (χ0v) is 5.53. The van der Waals surface area contributed by atoms with E-state index < -0.39 is 0 Å². The van der Waals surface area contributed by atoms with Gasteiger partial charge in [0.2, 0.25) is 0 Å². The zero-order chi connectivity index (χ0) is 6.69. The monoisotopic (exact) mass is 127 g/mol. The molecule has 0 aliphatic heterocycles. The lowest BCUT2D eigenvalue weighted by Gasteiger charge is -1.97. The highest BCUT2D eigenvalue weighted by atomic mass is 16.5. The van der Waals surface area contributed by atoms with Gasteiger partial charge >= 0.3 is 0 Å². The average Bonchev–Trinajstić information content (AvgIpc) is 2.18. The number of methoxy groups -OCH3 is 1. The maximum atomic E-state index is 4.83. The third-order valence-electron chi connectivity index (χ3n) is 1.06. The van der Waals surface area contributed by atoms with E-state index in [0.717, 1.165) is 5.69 Å². The van der Waals surface area contributed by atoms with Crippen LogP contribution in [0.1, 0.15) is 5.69 Å². The van der Waals surface area contributed by atoms with Gasteiger partial charge in [0.05, 0.1) is 11.9 Å². The number of hydrogen-bond acceptors (Lipinski definition) is 3. The van der Waals surface area contributed by atoms with Gasteiger partial charge in [0, 0.05) is 7.11 Å². The van der Waals surface area contributed by atoms with Crippen LogP contribution in [0.3, 0.4) is 0 Å². The van der Waals surface area contributed by atoms with Crippen molar-refractivity contribution in [1.29, 1.82) is 0 Å². The fourth-order valence-electron chi connectivity index (χ4n) is 0.559. The SMILES string of the molecule is COCn1nncc1C. The molecule has 50 valence electrons. The van der Waals surface area contributed by atoms with Crippen molar-refractivity contribution < 1.29 is 4.74 Å².